The van der Waals surface area contributed by atoms with E-state index in [0.29, 0.717) is 12.0 Å². The second-order valence-corrected chi connectivity index (χ2v) is 5.54. The van der Waals surface area contributed by atoms with Crippen molar-refractivity contribution in [1.82, 2.24) is 5.32 Å². The third kappa shape index (κ3) is 2.11. The van der Waals surface area contributed by atoms with Gasteiger partial charge in [-0.25, -0.2) is 0 Å². The minimum Gasteiger partial charge on any atom is -0.347 e. The molecule has 0 spiro atoms. The van der Waals surface area contributed by atoms with E-state index in [1.54, 1.807) is 12.1 Å². The number of nitrogens with one attached hydrogen (secondary N) is 2. The summed E-state index contributed by atoms with van der Waals surface area (Å²) >= 11 is 0. The van der Waals surface area contributed by atoms with Crippen molar-refractivity contribution in [3.8, 4) is 0 Å². The van der Waals surface area contributed by atoms with Crippen molar-refractivity contribution in [2.75, 3.05) is 5.32 Å². The number of hydrogen-bond donors (Lipinski definition) is 2. The van der Waals surface area contributed by atoms with Crippen LogP contribution in [-0.2, 0) is 11.2 Å². The minimum atomic E-state index is -0.0366. The summed E-state index contributed by atoms with van der Waals surface area (Å²) in [6.45, 7) is 2.11. The van der Waals surface area contributed by atoms with Crippen molar-refractivity contribution in [1.29, 1.82) is 0 Å². The van der Waals surface area contributed by atoms with Crippen LogP contribution in [0, 0.1) is 0 Å². The highest BCUT2D eigenvalue weighted by Crippen LogP contribution is 2.35. The van der Waals surface area contributed by atoms with Crippen molar-refractivity contribution >= 4 is 17.5 Å². The highest BCUT2D eigenvalue weighted by Gasteiger charge is 2.36. The summed E-state index contributed by atoms with van der Waals surface area (Å²) in [6.07, 6.45) is 4.71. The smallest absolute Gasteiger partial charge is 0.251 e. The summed E-state index contributed by atoms with van der Waals surface area (Å²) in [7, 11) is 0. The lowest BCUT2D eigenvalue weighted by Crippen LogP contribution is -2.52. The molecule has 2 N–H and O–H groups in total. The number of anilines is 1. The molecule has 1 aromatic carbocycles. The van der Waals surface area contributed by atoms with Gasteiger partial charge in [-0.2, -0.15) is 0 Å². The summed E-state index contributed by atoms with van der Waals surface area (Å²) in [5.41, 5.74) is 2.37. The Bertz CT molecular complexity index is 542. The van der Waals surface area contributed by atoms with Gasteiger partial charge in [-0.3, -0.25) is 9.59 Å². The molecule has 0 aromatic heterocycles. The van der Waals surface area contributed by atoms with Crippen LogP contribution in [0.3, 0.4) is 0 Å². The number of carbonyl (C=O) groups excluding carboxylic acids is 2. The number of hydrogen-bond acceptors (Lipinski definition) is 2. The molecule has 4 heteroatoms. The molecular formula is C15H18N2O2. The quantitative estimate of drug-likeness (QED) is 0.873. The topological polar surface area (TPSA) is 58.2 Å². The van der Waals surface area contributed by atoms with E-state index in [1.165, 1.54) is 6.42 Å². The molecule has 1 aliphatic carbocycles. The number of benzene rings is 1. The van der Waals surface area contributed by atoms with Crippen LogP contribution in [0.25, 0.3) is 0 Å². The van der Waals surface area contributed by atoms with Gasteiger partial charge in [0.15, 0.2) is 0 Å². The Morgan fingerprint density at radius 3 is 2.84 bits per heavy atom. The van der Waals surface area contributed by atoms with Crippen LogP contribution >= 0.6 is 0 Å². The van der Waals surface area contributed by atoms with Gasteiger partial charge in [-0.15, -0.1) is 0 Å². The number of rotatable bonds is 3. The van der Waals surface area contributed by atoms with Crippen LogP contribution in [-0.4, -0.2) is 17.4 Å². The zero-order valence-corrected chi connectivity index (χ0v) is 11.1. The first-order valence-electron chi connectivity index (χ1n) is 6.87. The zero-order valence-electron chi connectivity index (χ0n) is 11.1. The Morgan fingerprint density at radius 2 is 2.21 bits per heavy atom. The Kier molecular flexibility index (Phi) is 2.81. The fourth-order valence-electron chi connectivity index (χ4n) is 2.84. The molecule has 1 heterocycles. The first kappa shape index (κ1) is 12.2. The van der Waals surface area contributed by atoms with Gasteiger partial charge < -0.3 is 10.6 Å². The van der Waals surface area contributed by atoms with E-state index in [4.69, 9.17) is 0 Å². The second-order valence-electron chi connectivity index (χ2n) is 5.54. The van der Waals surface area contributed by atoms with E-state index in [0.717, 1.165) is 30.5 Å². The highest BCUT2D eigenvalue weighted by atomic mass is 16.2. The van der Waals surface area contributed by atoms with Crippen LogP contribution < -0.4 is 10.6 Å². The molecule has 1 saturated carbocycles. The lowest BCUT2D eigenvalue weighted by molar-refractivity contribution is -0.115. The molecule has 0 bridgehead atoms. The van der Waals surface area contributed by atoms with Crippen LogP contribution in [0.5, 0.6) is 0 Å². The summed E-state index contributed by atoms with van der Waals surface area (Å²) in [4.78, 5) is 23.6. The van der Waals surface area contributed by atoms with E-state index >= 15 is 0 Å². The van der Waals surface area contributed by atoms with Gasteiger partial charge in [-0.1, -0.05) is 13.0 Å². The Labute approximate surface area is 112 Å². The van der Waals surface area contributed by atoms with Gasteiger partial charge in [0, 0.05) is 16.8 Å². The summed E-state index contributed by atoms with van der Waals surface area (Å²) in [5.74, 6) is -0.0397. The predicted octanol–water partition coefficient (Wildman–Crippen LogP) is 2.24. The van der Waals surface area contributed by atoms with Gasteiger partial charge in [0.05, 0.1) is 6.42 Å². The van der Waals surface area contributed by atoms with Gasteiger partial charge in [0.2, 0.25) is 5.91 Å². The highest BCUT2D eigenvalue weighted by molar-refractivity contribution is 6.02. The Hall–Kier alpha value is -1.84. The third-order valence-corrected chi connectivity index (χ3v) is 4.36. The van der Waals surface area contributed by atoms with Gasteiger partial charge in [-0.05, 0) is 43.4 Å². The van der Waals surface area contributed by atoms with Crippen molar-refractivity contribution in [3.63, 3.8) is 0 Å². The average Bonchev–Trinajstić information content (AvgIpc) is 2.72. The molecule has 0 atom stereocenters. The summed E-state index contributed by atoms with van der Waals surface area (Å²) in [6, 6.07) is 5.44. The molecule has 4 nitrogen and oxygen atoms in total. The van der Waals surface area contributed by atoms with E-state index in [-0.39, 0.29) is 17.4 Å². The fraction of sp³-hybridized carbons (Fsp3) is 0.467. The van der Waals surface area contributed by atoms with E-state index in [9.17, 15) is 9.59 Å². The fourth-order valence-corrected chi connectivity index (χ4v) is 2.84. The molecule has 1 fully saturated rings. The molecule has 19 heavy (non-hydrogen) atoms. The molecule has 2 amide bonds. The average molecular weight is 258 g/mol. The van der Waals surface area contributed by atoms with E-state index in [1.807, 2.05) is 6.07 Å². The number of carbonyl (C=O) groups is 2. The third-order valence-electron chi connectivity index (χ3n) is 4.36. The molecule has 100 valence electrons. The maximum absolute atomic E-state index is 12.3. The van der Waals surface area contributed by atoms with Crippen LogP contribution in [0.15, 0.2) is 18.2 Å². The monoisotopic (exact) mass is 258 g/mol. The first-order valence-corrected chi connectivity index (χ1v) is 6.87. The first-order chi connectivity index (χ1) is 9.12. The predicted molar refractivity (Wildman–Crippen MR) is 73.1 cm³/mol. The normalized spacial score (nSPS) is 19.3. The summed E-state index contributed by atoms with van der Waals surface area (Å²) < 4.78 is 0. The van der Waals surface area contributed by atoms with Crippen molar-refractivity contribution < 1.29 is 9.59 Å². The van der Waals surface area contributed by atoms with E-state index < -0.39 is 0 Å². The maximum Gasteiger partial charge on any atom is 0.251 e. The van der Waals surface area contributed by atoms with E-state index in [2.05, 4.69) is 17.6 Å². The Balaban J connectivity index is 1.77. The molecule has 0 saturated heterocycles. The van der Waals surface area contributed by atoms with Gasteiger partial charge in [0.25, 0.3) is 5.91 Å². The largest absolute Gasteiger partial charge is 0.347 e. The maximum atomic E-state index is 12.3. The molecule has 3 rings (SSSR count). The second kappa shape index (κ2) is 4.37. The number of amides is 2. The van der Waals surface area contributed by atoms with Crippen molar-refractivity contribution in [2.45, 2.75) is 44.6 Å². The number of fused-ring (bicyclic) bond motifs is 1. The van der Waals surface area contributed by atoms with Gasteiger partial charge >= 0.3 is 0 Å². The zero-order chi connectivity index (χ0) is 13.5. The van der Waals surface area contributed by atoms with Crippen LogP contribution in [0.2, 0.25) is 0 Å². The van der Waals surface area contributed by atoms with Crippen molar-refractivity contribution in [3.05, 3.63) is 29.3 Å². The molecule has 0 radical (unpaired) electrons. The molecule has 1 aromatic rings. The van der Waals surface area contributed by atoms with Crippen LogP contribution in [0.4, 0.5) is 5.69 Å². The van der Waals surface area contributed by atoms with Gasteiger partial charge in [0.1, 0.15) is 0 Å². The standard InChI is InChI=1S/C15H18N2O2/c1-2-15(6-3-7-15)17-14(19)11-5-4-10-9-13(18)16-12(10)8-11/h4-5,8H,2-3,6-7,9H2,1H3,(H,16,18)(H,17,19). The lowest BCUT2D eigenvalue weighted by Gasteiger charge is -2.42. The van der Waals surface area contributed by atoms with Crippen molar-refractivity contribution in [2.24, 2.45) is 0 Å². The molecule has 0 unspecified atom stereocenters. The minimum absolute atomic E-state index is 0.000649. The Morgan fingerprint density at radius 1 is 1.42 bits per heavy atom. The molecular weight excluding hydrogens is 240 g/mol. The van der Waals surface area contributed by atoms with Crippen LogP contribution in [0.1, 0.15) is 48.5 Å². The lowest BCUT2D eigenvalue weighted by atomic mass is 9.74. The molecule has 2 aliphatic rings. The molecule has 1 aliphatic heterocycles. The summed E-state index contributed by atoms with van der Waals surface area (Å²) in [5, 5.41) is 5.93. The SMILES string of the molecule is CCC1(NC(=O)c2ccc3c(c2)NC(=O)C3)CCC1.